The Hall–Kier alpha value is -1.26. The minimum absolute atomic E-state index is 0.0336. The van der Waals surface area contributed by atoms with Gasteiger partial charge in [-0.25, -0.2) is 0 Å². The molecule has 1 aromatic heterocycles. The third-order valence-electron chi connectivity index (χ3n) is 2.64. The van der Waals surface area contributed by atoms with E-state index >= 15 is 0 Å². The lowest BCUT2D eigenvalue weighted by molar-refractivity contribution is 0.0939. The van der Waals surface area contributed by atoms with Crippen LogP contribution in [-0.2, 0) is 6.42 Å². The summed E-state index contributed by atoms with van der Waals surface area (Å²) in [5, 5.41) is 3.33. The molecule has 0 radical (unpaired) electrons. The van der Waals surface area contributed by atoms with Crippen LogP contribution in [0.5, 0.6) is 0 Å². The van der Waals surface area contributed by atoms with Crippen molar-refractivity contribution in [3.63, 3.8) is 0 Å². The Bertz CT molecular complexity index is 569. The fourth-order valence-electron chi connectivity index (χ4n) is 1.75. The molecular formula is C14H13BrClNO2. The number of hydrogen-bond acceptors (Lipinski definition) is 2. The molecule has 1 atom stereocenters. The minimum Gasteiger partial charge on any atom is -0.469 e. The molecule has 0 spiro atoms. The number of amides is 1. The molecule has 1 N–H and O–H groups in total. The van der Waals surface area contributed by atoms with E-state index in [1.807, 2.05) is 19.1 Å². The Balaban J connectivity index is 2.02. The minimum atomic E-state index is -0.189. The molecule has 19 heavy (non-hydrogen) atoms. The molecule has 3 nitrogen and oxygen atoms in total. The first-order valence-corrected chi connectivity index (χ1v) is 7.01. The van der Waals surface area contributed by atoms with Crippen LogP contribution in [0.4, 0.5) is 0 Å². The molecule has 0 saturated carbocycles. The monoisotopic (exact) mass is 341 g/mol. The largest absolute Gasteiger partial charge is 0.469 e. The van der Waals surface area contributed by atoms with Crippen LogP contribution in [0.2, 0.25) is 5.02 Å². The van der Waals surface area contributed by atoms with Crippen molar-refractivity contribution >= 4 is 33.4 Å². The van der Waals surface area contributed by atoms with Gasteiger partial charge >= 0.3 is 0 Å². The number of nitrogens with one attached hydrogen (secondary N) is 1. The van der Waals surface area contributed by atoms with Gasteiger partial charge in [0.1, 0.15) is 5.76 Å². The van der Waals surface area contributed by atoms with Gasteiger partial charge in [0.15, 0.2) is 0 Å². The molecule has 0 fully saturated rings. The molecule has 2 rings (SSSR count). The van der Waals surface area contributed by atoms with Crippen LogP contribution in [-0.4, -0.2) is 11.9 Å². The topological polar surface area (TPSA) is 42.2 Å². The third kappa shape index (κ3) is 3.85. The van der Waals surface area contributed by atoms with Crippen molar-refractivity contribution in [2.24, 2.45) is 0 Å². The van der Waals surface area contributed by atoms with Crippen LogP contribution in [0.25, 0.3) is 0 Å². The summed E-state index contributed by atoms with van der Waals surface area (Å²) in [5.74, 6) is 0.651. The summed E-state index contributed by atoms with van der Waals surface area (Å²) in [5.41, 5.74) is 0.460. The Morgan fingerprint density at radius 2 is 2.26 bits per heavy atom. The van der Waals surface area contributed by atoms with E-state index in [9.17, 15) is 4.79 Å². The maximum atomic E-state index is 12.1. The van der Waals surface area contributed by atoms with Crippen molar-refractivity contribution in [2.75, 3.05) is 0 Å². The van der Waals surface area contributed by atoms with Gasteiger partial charge in [-0.3, -0.25) is 4.79 Å². The number of benzene rings is 1. The summed E-state index contributed by atoms with van der Waals surface area (Å²) in [6.07, 6.45) is 2.26. The molecule has 1 heterocycles. The number of halogens is 2. The molecule has 0 aliphatic heterocycles. The Morgan fingerprint density at radius 3 is 2.95 bits per heavy atom. The Labute approximate surface area is 125 Å². The van der Waals surface area contributed by atoms with Crippen LogP contribution in [0.1, 0.15) is 23.0 Å². The maximum Gasteiger partial charge on any atom is 0.253 e. The van der Waals surface area contributed by atoms with Gasteiger partial charge in [0.25, 0.3) is 5.91 Å². The van der Waals surface area contributed by atoms with E-state index in [0.717, 1.165) is 10.2 Å². The lowest BCUT2D eigenvalue weighted by atomic mass is 10.1. The summed E-state index contributed by atoms with van der Waals surface area (Å²) in [4.78, 5) is 12.1. The van der Waals surface area contributed by atoms with Crippen molar-refractivity contribution in [3.05, 3.63) is 57.4 Å². The van der Waals surface area contributed by atoms with E-state index in [-0.39, 0.29) is 11.9 Å². The molecule has 0 bridgehead atoms. The zero-order valence-corrected chi connectivity index (χ0v) is 12.7. The van der Waals surface area contributed by atoms with Gasteiger partial charge < -0.3 is 9.73 Å². The smallest absolute Gasteiger partial charge is 0.253 e. The maximum absolute atomic E-state index is 12.1. The first kappa shape index (κ1) is 14.2. The van der Waals surface area contributed by atoms with Crippen LogP contribution in [0.3, 0.4) is 0 Å². The highest BCUT2D eigenvalue weighted by molar-refractivity contribution is 9.10. The van der Waals surface area contributed by atoms with Crippen LogP contribution < -0.4 is 5.32 Å². The average molecular weight is 343 g/mol. The van der Waals surface area contributed by atoms with E-state index in [2.05, 4.69) is 21.2 Å². The Morgan fingerprint density at radius 1 is 1.47 bits per heavy atom. The predicted octanol–water partition coefficient (Wildman–Crippen LogP) is 4.06. The highest BCUT2D eigenvalue weighted by Gasteiger charge is 2.14. The normalized spacial score (nSPS) is 12.2. The molecule has 0 aliphatic rings. The van der Waals surface area contributed by atoms with Gasteiger partial charge in [0, 0.05) is 16.9 Å². The fourth-order valence-corrected chi connectivity index (χ4v) is 2.32. The molecule has 1 unspecified atom stereocenters. The molecule has 1 amide bonds. The summed E-state index contributed by atoms with van der Waals surface area (Å²) < 4.78 is 6.07. The second kappa shape index (κ2) is 6.26. The predicted molar refractivity (Wildman–Crippen MR) is 78.5 cm³/mol. The molecular weight excluding hydrogens is 330 g/mol. The first-order chi connectivity index (χ1) is 9.06. The highest BCUT2D eigenvalue weighted by atomic mass is 79.9. The summed E-state index contributed by atoms with van der Waals surface area (Å²) >= 11 is 9.34. The van der Waals surface area contributed by atoms with Crippen molar-refractivity contribution in [1.29, 1.82) is 0 Å². The molecule has 0 saturated heterocycles. The average Bonchev–Trinajstić information content (AvgIpc) is 2.84. The number of hydrogen-bond donors (Lipinski definition) is 1. The molecule has 2 aromatic rings. The van der Waals surface area contributed by atoms with Crippen molar-refractivity contribution < 1.29 is 9.21 Å². The summed E-state index contributed by atoms with van der Waals surface area (Å²) in [6, 6.07) is 8.87. The Kier molecular flexibility index (Phi) is 4.66. The van der Waals surface area contributed by atoms with E-state index in [1.165, 1.54) is 0 Å². The SMILES string of the molecule is CC(Cc1ccco1)NC(=O)c1cc(Br)ccc1Cl. The van der Waals surface area contributed by atoms with E-state index in [0.29, 0.717) is 17.0 Å². The van der Waals surface area contributed by atoms with Gasteiger partial charge in [-0.15, -0.1) is 0 Å². The van der Waals surface area contributed by atoms with Crippen molar-refractivity contribution in [2.45, 2.75) is 19.4 Å². The van der Waals surface area contributed by atoms with Gasteiger partial charge in [0.2, 0.25) is 0 Å². The number of carbonyl (C=O) groups excluding carboxylic acids is 1. The fraction of sp³-hybridized carbons (Fsp3) is 0.214. The van der Waals surface area contributed by atoms with Crippen LogP contribution in [0, 0.1) is 0 Å². The van der Waals surface area contributed by atoms with E-state index in [1.54, 1.807) is 24.5 Å². The number of carbonyl (C=O) groups is 1. The summed E-state index contributed by atoms with van der Waals surface area (Å²) in [7, 11) is 0. The van der Waals surface area contributed by atoms with Crippen LogP contribution >= 0.6 is 27.5 Å². The zero-order valence-electron chi connectivity index (χ0n) is 10.3. The quantitative estimate of drug-likeness (QED) is 0.910. The van der Waals surface area contributed by atoms with Crippen LogP contribution in [0.15, 0.2) is 45.5 Å². The lowest BCUT2D eigenvalue weighted by Gasteiger charge is -2.13. The number of furan rings is 1. The summed E-state index contributed by atoms with van der Waals surface area (Å²) in [6.45, 7) is 1.92. The molecule has 0 aliphatic carbocycles. The molecule has 5 heteroatoms. The van der Waals surface area contributed by atoms with Gasteiger partial charge in [-0.05, 0) is 37.3 Å². The van der Waals surface area contributed by atoms with Crippen molar-refractivity contribution in [1.82, 2.24) is 5.32 Å². The van der Waals surface area contributed by atoms with Crippen molar-refractivity contribution in [3.8, 4) is 0 Å². The third-order valence-corrected chi connectivity index (χ3v) is 3.46. The highest BCUT2D eigenvalue weighted by Crippen LogP contribution is 2.21. The van der Waals surface area contributed by atoms with Gasteiger partial charge in [-0.2, -0.15) is 0 Å². The second-order valence-corrected chi connectivity index (χ2v) is 5.61. The lowest BCUT2D eigenvalue weighted by Crippen LogP contribution is -2.34. The zero-order chi connectivity index (χ0) is 13.8. The molecule has 100 valence electrons. The molecule has 1 aromatic carbocycles. The van der Waals surface area contributed by atoms with E-state index in [4.69, 9.17) is 16.0 Å². The number of rotatable bonds is 4. The van der Waals surface area contributed by atoms with Gasteiger partial charge in [-0.1, -0.05) is 27.5 Å². The second-order valence-electron chi connectivity index (χ2n) is 4.28. The first-order valence-electron chi connectivity index (χ1n) is 5.84. The standard InChI is InChI=1S/C14H13BrClNO2/c1-9(7-11-3-2-6-19-11)17-14(18)12-8-10(15)4-5-13(12)16/h2-6,8-9H,7H2,1H3,(H,17,18). The van der Waals surface area contributed by atoms with E-state index < -0.39 is 0 Å². The van der Waals surface area contributed by atoms with Gasteiger partial charge in [0.05, 0.1) is 16.8 Å².